The fourth-order valence-corrected chi connectivity index (χ4v) is 4.52. The Morgan fingerprint density at radius 1 is 1.24 bits per heavy atom. The quantitative estimate of drug-likeness (QED) is 0.340. The zero-order chi connectivity index (χ0) is 26.4. The number of rotatable bonds is 7. The molecule has 6 rings (SSSR count). The lowest BCUT2D eigenvalue weighted by molar-refractivity contribution is 0.101. The van der Waals surface area contributed by atoms with Gasteiger partial charge in [-0.1, -0.05) is 5.16 Å². The first-order valence-electron chi connectivity index (χ1n) is 12.2. The third-order valence-electron chi connectivity index (χ3n) is 6.63. The summed E-state index contributed by atoms with van der Waals surface area (Å²) in [5.74, 6) is 0.612. The van der Waals surface area contributed by atoms with Gasteiger partial charge in [0, 0.05) is 13.1 Å². The Labute approximate surface area is 215 Å². The van der Waals surface area contributed by atoms with Gasteiger partial charge in [-0.25, -0.2) is 9.97 Å². The number of carbonyl (C=O) groups excluding carboxylic acids is 1. The Bertz CT molecular complexity index is 1710. The zero-order valence-corrected chi connectivity index (χ0v) is 21.0. The normalized spacial score (nSPS) is 13.6. The lowest BCUT2D eigenvalue weighted by atomic mass is 9.92. The van der Waals surface area contributed by atoms with E-state index in [1.807, 2.05) is 25.1 Å². The Kier molecular flexibility index (Phi) is 5.70. The van der Waals surface area contributed by atoms with E-state index in [4.69, 9.17) is 14.2 Å². The Morgan fingerprint density at radius 3 is 2.74 bits per heavy atom. The molecule has 1 amide bonds. The lowest BCUT2D eigenvalue weighted by Crippen LogP contribution is -2.29. The molecule has 4 aromatic heterocycles. The number of anilines is 1. The number of nitrogens with zero attached hydrogens (tertiary/aromatic N) is 9. The van der Waals surface area contributed by atoms with Crippen LogP contribution in [0, 0.1) is 6.92 Å². The van der Waals surface area contributed by atoms with Crippen LogP contribution in [-0.4, -0.2) is 57.0 Å². The van der Waals surface area contributed by atoms with Gasteiger partial charge in [0.15, 0.2) is 23.2 Å². The van der Waals surface area contributed by atoms with Crippen molar-refractivity contribution in [2.75, 3.05) is 11.9 Å². The van der Waals surface area contributed by atoms with Crippen LogP contribution in [0.2, 0.25) is 0 Å². The third kappa shape index (κ3) is 3.81. The number of hydrogen-bond acceptors (Lipinski definition) is 10. The number of aryl methyl sites for hydroxylation is 1. The second-order valence-electron chi connectivity index (χ2n) is 8.98. The molecule has 0 saturated heterocycles. The van der Waals surface area contributed by atoms with Gasteiger partial charge in [0.1, 0.15) is 12.0 Å². The topological polar surface area (TPSA) is 161 Å². The molecule has 1 N–H and O–H groups in total. The van der Waals surface area contributed by atoms with E-state index in [1.165, 1.54) is 17.0 Å². The van der Waals surface area contributed by atoms with Crippen LogP contribution < -0.4 is 15.6 Å². The van der Waals surface area contributed by atoms with E-state index in [2.05, 4.69) is 35.5 Å². The molecule has 14 heteroatoms. The van der Waals surface area contributed by atoms with Gasteiger partial charge in [-0.05, 0) is 61.7 Å². The molecule has 1 aliphatic carbocycles. The summed E-state index contributed by atoms with van der Waals surface area (Å²) in [7, 11) is 1.59. The van der Waals surface area contributed by atoms with E-state index in [1.54, 1.807) is 18.7 Å². The molecule has 1 fully saturated rings. The van der Waals surface area contributed by atoms with Gasteiger partial charge >= 0.3 is 0 Å². The maximum Gasteiger partial charge on any atom is 0.296 e. The van der Waals surface area contributed by atoms with Gasteiger partial charge in [0.05, 0.1) is 29.5 Å². The maximum absolute atomic E-state index is 13.4. The van der Waals surface area contributed by atoms with E-state index < -0.39 is 11.5 Å². The first-order chi connectivity index (χ1) is 18.5. The Morgan fingerprint density at radius 2 is 2.08 bits per heavy atom. The molecule has 0 spiro atoms. The molecular formula is C24H24N10O4. The summed E-state index contributed by atoms with van der Waals surface area (Å²) < 4.78 is 15.5. The summed E-state index contributed by atoms with van der Waals surface area (Å²) in [6, 6.07) is 5.91. The first-order valence-corrected chi connectivity index (χ1v) is 12.2. The highest BCUT2D eigenvalue weighted by Gasteiger charge is 2.30. The van der Waals surface area contributed by atoms with Gasteiger partial charge in [0.25, 0.3) is 11.5 Å². The summed E-state index contributed by atoms with van der Waals surface area (Å²) in [4.78, 5) is 36.1. The minimum Gasteiger partial charge on any atom is -0.486 e. The molecule has 1 aromatic carbocycles. The number of ether oxygens (including phenoxy) is 1. The molecule has 5 aromatic rings. The fraction of sp³-hybridized carbons (Fsp3) is 0.333. The van der Waals surface area contributed by atoms with Crippen molar-refractivity contribution in [2.45, 2.75) is 39.2 Å². The van der Waals surface area contributed by atoms with Gasteiger partial charge in [-0.3, -0.25) is 14.2 Å². The van der Waals surface area contributed by atoms with E-state index in [9.17, 15) is 9.59 Å². The average Bonchev–Trinajstić information content (AvgIpc) is 3.62. The van der Waals surface area contributed by atoms with Gasteiger partial charge in [0.2, 0.25) is 5.75 Å². The highest BCUT2D eigenvalue weighted by atomic mass is 16.5. The SMILES string of the molecule is CCOc1c(C(=O)Nc2cnoc2)nc(-c2nc3ccc(-n4nnnc4C)cc3n2C2CCC2)n(C)c1=O. The highest BCUT2D eigenvalue weighted by Crippen LogP contribution is 2.38. The second-order valence-corrected chi connectivity index (χ2v) is 8.98. The predicted molar refractivity (Wildman–Crippen MR) is 134 cm³/mol. The van der Waals surface area contributed by atoms with Crippen molar-refractivity contribution in [1.82, 2.24) is 44.5 Å². The van der Waals surface area contributed by atoms with Crippen molar-refractivity contribution in [3.63, 3.8) is 0 Å². The summed E-state index contributed by atoms with van der Waals surface area (Å²) in [5.41, 5.74) is 2.05. The molecule has 0 bridgehead atoms. The number of amides is 1. The molecule has 1 aliphatic rings. The number of benzene rings is 1. The molecule has 14 nitrogen and oxygen atoms in total. The second kappa shape index (κ2) is 9.21. The van der Waals surface area contributed by atoms with E-state index in [-0.39, 0.29) is 29.9 Å². The van der Waals surface area contributed by atoms with Crippen LogP contribution in [-0.2, 0) is 7.05 Å². The number of imidazole rings is 1. The summed E-state index contributed by atoms with van der Waals surface area (Å²) >= 11 is 0. The van der Waals surface area contributed by atoms with Crippen LogP contribution in [0.4, 0.5) is 5.69 Å². The molecule has 0 radical (unpaired) electrons. The summed E-state index contributed by atoms with van der Waals surface area (Å²) in [5, 5.41) is 18.0. The van der Waals surface area contributed by atoms with Crippen molar-refractivity contribution in [3.8, 4) is 23.1 Å². The molecule has 4 heterocycles. The summed E-state index contributed by atoms with van der Waals surface area (Å²) in [6.45, 7) is 3.74. The molecule has 38 heavy (non-hydrogen) atoms. The fourth-order valence-electron chi connectivity index (χ4n) is 4.52. The number of hydrogen-bond donors (Lipinski definition) is 1. The number of nitrogens with one attached hydrogen (secondary N) is 1. The van der Waals surface area contributed by atoms with Crippen molar-refractivity contribution in [1.29, 1.82) is 0 Å². The van der Waals surface area contributed by atoms with Crippen LogP contribution in [0.3, 0.4) is 0 Å². The predicted octanol–water partition coefficient (Wildman–Crippen LogP) is 2.45. The van der Waals surface area contributed by atoms with Crippen molar-refractivity contribution >= 4 is 22.6 Å². The monoisotopic (exact) mass is 516 g/mol. The Balaban J connectivity index is 1.55. The first kappa shape index (κ1) is 23.5. The van der Waals surface area contributed by atoms with Crippen LogP contribution >= 0.6 is 0 Å². The van der Waals surface area contributed by atoms with E-state index in [0.717, 1.165) is 36.0 Å². The number of fused-ring (bicyclic) bond motifs is 1. The van der Waals surface area contributed by atoms with Gasteiger partial charge < -0.3 is 19.1 Å². The average molecular weight is 517 g/mol. The van der Waals surface area contributed by atoms with Crippen LogP contribution in [0.5, 0.6) is 5.75 Å². The highest BCUT2D eigenvalue weighted by molar-refractivity contribution is 6.04. The van der Waals surface area contributed by atoms with E-state index in [0.29, 0.717) is 17.3 Å². The minimum atomic E-state index is -0.627. The molecule has 0 aliphatic heterocycles. The van der Waals surface area contributed by atoms with E-state index >= 15 is 0 Å². The molecule has 1 saturated carbocycles. The van der Waals surface area contributed by atoms with Crippen LogP contribution in [0.1, 0.15) is 48.5 Å². The maximum atomic E-state index is 13.4. The molecule has 0 unspecified atom stereocenters. The van der Waals surface area contributed by atoms with Crippen LogP contribution in [0.15, 0.2) is 40.0 Å². The van der Waals surface area contributed by atoms with Gasteiger partial charge in [-0.2, -0.15) is 4.68 Å². The number of tetrazole rings is 1. The third-order valence-corrected chi connectivity index (χ3v) is 6.63. The molecule has 194 valence electrons. The lowest BCUT2D eigenvalue weighted by Gasteiger charge is -2.29. The standard InChI is InChI=1S/C24H24N10O4/c1-4-37-20-19(23(35)26-14-11-25-38-12-14)28-21(32(3)24(20)36)22-27-17-9-8-16(34-13(2)29-30-31-34)10-18(17)33(22)15-6-5-7-15/h8-12,15H,4-7H2,1-3H3,(H,26,35). The van der Waals surface area contributed by atoms with Crippen LogP contribution in [0.25, 0.3) is 28.4 Å². The largest absolute Gasteiger partial charge is 0.486 e. The zero-order valence-electron chi connectivity index (χ0n) is 21.0. The van der Waals surface area contributed by atoms with Gasteiger partial charge in [-0.15, -0.1) is 5.10 Å². The number of carbonyl (C=O) groups is 1. The van der Waals surface area contributed by atoms with Crippen molar-refractivity contribution in [3.05, 3.63) is 52.5 Å². The van der Waals surface area contributed by atoms with Crippen molar-refractivity contribution < 1.29 is 14.1 Å². The van der Waals surface area contributed by atoms with Crippen molar-refractivity contribution in [2.24, 2.45) is 7.05 Å². The smallest absolute Gasteiger partial charge is 0.296 e. The molecule has 0 atom stereocenters. The summed E-state index contributed by atoms with van der Waals surface area (Å²) in [6.07, 6.45) is 5.62. The molecular weight excluding hydrogens is 492 g/mol. The Hall–Kier alpha value is -4.88. The number of aromatic nitrogens is 9. The minimum absolute atomic E-state index is 0.143.